The number of aryl methyl sites for hydroxylation is 1. The lowest BCUT2D eigenvalue weighted by atomic mass is 9.95. The van der Waals surface area contributed by atoms with Crippen LogP contribution in [0.5, 0.6) is 0 Å². The average Bonchev–Trinajstić information content (AvgIpc) is 3.13. The van der Waals surface area contributed by atoms with Crippen molar-refractivity contribution in [1.82, 2.24) is 9.47 Å². The summed E-state index contributed by atoms with van der Waals surface area (Å²) in [5.41, 5.74) is 4.69. The van der Waals surface area contributed by atoms with Gasteiger partial charge in [0, 0.05) is 46.5 Å². The fourth-order valence-corrected chi connectivity index (χ4v) is 4.91. The molecule has 5 rings (SSSR count). The fourth-order valence-electron chi connectivity index (χ4n) is 4.91. The third kappa shape index (κ3) is 3.96. The summed E-state index contributed by atoms with van der Waals surface area (Å²) < 4.78 is 2.33. The number of amides is 1. The number of fused-ring (bicyclic) bond motifs is 3. The van der Waals surface area contributed by atoms with Gasteiger partial charge in [0.2, 0.25) is 5.91 Å². The number of rotatable bonds is 5. The summed E-state index contributed by atoms with van der Waals surface area (Å²) in [7, 11) is 0. The van der Waals surface area contributed by atoms with Crippen LogP contribution in [0.15, 0.2) is 72.8 Å². The maximum Gasteiger partial charge on any atom is 0.227 e. The lowest BCUT2D eigenvalue weighted by Gasteiger charge is -2.31. The number of carbonyl (C=O) groups is 1. The Morgan fingerprint density at radius 1 is 0.903 bits per heavy atom. The van der Waals surface area contributed by atoms with Crippen LogP contribution < -0.4 is 5.32 Å². The van der Waals surface area contributed by atoms with E-state index in [-0.39, 0.29) is 11.8 Å². The number of carbonyl (C=O) groups excluding carboxylic acids is 1. The zero-order valence-corrected chi connectivity index (χ0v) is 18.1. The monoisotopic (exact) mass is 411 g/mol. The maximum absolute atomic E-state index is 13.0. The number of hydrogen-bond donors (Lipinski definition) is 1. The van der Waals surface area contributed by atoms with Crippen molar-refractivity contribution in [1.29, 1.82) is 0 Å². The van der Waals surface area contributed by atoms with Crippen LogP contribution in [0.1, 0.15) is 25.3 Å². The molecule has 1 N–H and O–H groups in total. The van der Waals surface area contributed by atoms with E-state index in [1.54, 1.807) is 0 Å². The van der Waals surface area contributed by atoms with Crippen LogP contribution in [0, 0.1) is 5.92 Å². The number of nitrogens with one attached hydrogen (secondary N) is 1. The van der Waals surface area contributed by atoms with Gasteiger partial charge in [-0.2, -0.15) is 0 Å². The quantitative estimate of drug-likeness (QED) is 0.460. The Morgan fingerprint density at radius 3 is 2.39 bits per heavy atom. The van der Waals surface area contributed by atoms with Gasteiger partial charge >= 0.3 is 0 Å². The van der Waals surface area contributed by atoms with Gasteiger partial charge in [0.05, 0.1) is 0 Å². The first-order valence-corrected chi connectivity index (χ1v) is 11.3. The number of hydrogen-bond acceptors (Lipinski definition) is 2. The first kappa shape index (κ1) is 19.8. The molecule has 3 aromatic carbocycles. The minimum Gasteiger partial charge on any atom is -0.341 e. The summed E-state index contributed by atoms with van der Waals surface area (Å²) in [4.78, 5) is 15.4. The summed E-state index contributed by atoms with van der Waals surface area (Å²) in [6.45, 7) is 6.00. The minimum atomic E-state index is 0.0831. The number of aromatic nitrogens is 1. The molecular formula is C27H29N3O. The normalized spacial score (nSPS) is 15.5. The molecule has 4 aromatic rings. The maximum atomic E-state index is 13.0. The first-order valence-electron chi connectivity index (χ1n) is 11.3. The summed E-state index contributed by atoms with van der Waals surface area (Å²) >= 11 is 0. The average molecular weight is 412 g/mol. The SMILES string of the molecule is CCn1c2ccccc2c2cc(NC(=O)C3CCN(Cc4ccccc4)CC3)ccc21. The van der Waals surface area contributed by atoms with Crippen LogP contribution in [0.4, 0.5) is 5.69 Å². The van der Waals surface area contributed by atoms with Gasteiger partial charge < -0.3 is 9.88 Å². The number of piperidine rings is 1. The van der Waals surface area contributed by atoms with Crippen molar-refractivity contribution in [2.45, 2.75) is 32.9 Å². The lowest BCUT2D eigenvalue weighted by molar-refractivity contribution is -0.121. The second-order valence-corrected chi connectivity index (χ2v) is 8.52. The number of benzene rings is 3. The van der Waals surface area contributed by atoms with E-state index in [0.717, 1.165) is 44.7 Å². The molecule has 0 atom stereocenters. The molecule has 0 unspecified atom stereocenters. The van der Waals surface area contributed by atoms with Crippen LogP contribution in [0.25, 0.3) is 21.8 Å². The van der Waals surface area contributed by atoms with E-state index >= 15 is 0 Å². The second-order valence-electron chi connectivity index (χ2n) is 8.52. The van der Waals surface area contributed by atoms with Crippen LogP contribution in [0.3, 0.4) is 0 Å². The van der Waals surface area contributed by atoms with Crippen molar-refractivity contribution < 1.29 is 4.79 Å². The van der Waals surface area contributed by atoms with Crippen LogP contribution in [0.2, 0.25) is 0 Å². The Bertz CT molecular complexity index is 1200. The van der Waals surface area contributed by atoms with Gasteiger partial charge in [0.1, 0.15) is 0 Å². The van der Waals surface area contributed by atoms with E-state index in [0.29, 0.717) is 0 Å². The number of nitrogens with zero attached hydrogens (tertiary/aromatic N) is 2. The summed E-state index contributed by atoms with van der Waals surface area (Å²) in [6.07, 6.45) is 1.83. The molecule has 0 spiro atoms. The molecule has 1 saturated heterocycles. The van der Waals surface area contributed by atoms with E-state index in [4.69, 9.17) is 0 Å². The fraction of sp³-hybridized carbons (Fsp3) is 0.296. The predicted molar refractivity (Wildman–Crippen MR) is 128 cm³/mol. The molecule has 1 aromatic heterocycles. The standard InChI is InChI=1S/C27H29N3O/c1-2-30-25-11-7-6-10-23(25)24-18-22(12-13-26(24)30)28-27(31)21-14-16-29(17-15-21)19-20-8-4-3-5-9-20/h3-13,18,21H,2,14-17,19H2,1H3,(H,28,31). The van der Waals surface area contributed by atoms with E-state index in [2.05, 4.69) is 88.4 Å². The van der Waals surface area contributed by atoms with Crippen molar-refractivity contribution in [3.63, 3.8) is 0 Å². The van der Waals surface area contributed by atoms with Crippen molar-refractivity contribution in [2.24, 2.45) is 5.92 Å². The number of para-hydroxylation sites is 1. The van der Waals surface area contributed by atoms with Gasteiger partial charge in [0.25, 0.3) is 0 Å². The third-order valence-electron chi connectivity index (χ3n) is 6.56. The Morgan fingerprint density at radius 2 is 1.61 bits per heavy atom. The molecule has 2 heterocycles. The highest BCUT2D eigenvalue weighted by molar-refractivity contribution is 6.09. The van der Waals surface area contributed by atoms with Crippen molar-refractivity contribution in [3.8, 4) is 0 Å². The zero-order valence-electron chi connectivity index (χ0n) is 18.1. The molecule has 31 heavy (non-hydrogen) atoms. The molecule has 4 heteroatoms. The van der Waals surface area contributed by atoms with Gasteiger partial charge in [-0.25, -0.2) is 0 Å². The highest BCUT2D eigenvalue weighted by Gasteiger charge is 2.25. The van der Waals surface area contributed by atoms with Gasteiger partial charge in [0.15, 0.2) is 0 Å². The van der Waals surface area contributed by atoms with Crippen molar-refractivity contribution >= 4 is 33.4 Å². The van der Waals surface area contributed by atoms with Gasteiger partial charge in [-0.05, 0) is 62.7 Å². The Balaban J connectivity index is 1.27. The molecule has 4 nitrogen and oxygen atoms in total. The Kier molecular flexibility index (Phi) is 5.47. The summed E-state index contributed by atoms with van der Waals surface area (Å²) in [6, 6.07) is 25.4. The third-order valence-corrected chi connectivity index (χ3v) is 6.56. The number of likely N-dealkylation sites (tertiary alicyclic amines) is 1. The summed E-state index contributed by atoms with van der Waals surface area (Å²) in [5.74, 6) is 0.234. The minimum absolute atomic E-state index is 0.0831. The zero-order chi connectivity index (χ0) is 21.2. The second kappa shape index (κ2) is 8.56. The van der Waals surface area contributed by atoms with E-state index < -0.39 is 0 Å². The molecule has 158 valence electrons. The van der Waals surface area contributed by atoms with Gasteiger partial charge in [-0.15, -0.1) is 0 Å². The van der Waals surface area contributed by atoms with Crippen LogP contribution in [-0.2, 0) is 17.9 Å². The first-order chi connectivity index (χ1) is 15.2. The van der Waals surface area contributed by atoms with Gasteiger partial charge in [-0.3, -0.25) is 9.69 Å². The van der Waals surface area contributed by atoms with Crippen LogP contribution in [-0.4, -0.2) is 28.5 Å². The molecule has 1 aliphatic rings. The van der Waals surface area contributed by atoms with E-state index in [1.165, 1.54) is 27.4 Å². The molecule has 0 radical (unpaired) electrons. The molecule has 1 aliphatic heterocycles. The smallest absolute Gasteiger partial charge is 0.227 e. The highest BCUT2D eigenvalue weighted by atomic mass is 16.1. The predicted octanol–water partition coefficient (Wildman–Crippen LogP) is 5.67. The molecule has 0 bridgehead atoms. The van der Waals surface area contributed by atoms with Crippen molar-refractivity contribution in [2.75, 3.05) is 18.4 Å². The molecule has 0 aliphatic carbocycles. The topological polar surface area (TPSA) is 37.3 Å². The molecule has 1 amide bonds. The van der Waals surface area contributed by atoms with E-state index in [1.807, 2.05) is 6.07 Å². The van der Waals surface area contributed by atoms with E-state index in [9.17, 15) is 4.79 Å². The van der Waals surface area contributed by atoms with Crippen LogP contribution >= 0.6 is 0 Å². The molecule has 1 fully saturated rings. The van der Waals surface area contributed by atoms with Crippen molar-refractivity contribution in [3.05, 3.63) is 78.4 Å². The molecular weight excluding hydrogens is 382 g/mol. The Hall–Kier alpha value is -3.11. The largest absolute Gasteiger partial charge is 0.341 e. The molecule has 0 saturated carbocycles. The highest BCUT2D eigenvalue weighted by Crippen LogP contribution is 2.31. The Labute approximate surface area is 183 Å². The van der Waals surface area contributed by atoms with Gasteiger partial charge in [-0.1, -0.05) is 48.5 Å². The lowest BCUT2D eigenvalue weighted by Crippen LogP contribution is -2.37. The summed E-state index contributed by atoms with van der Waals surface area (Å²) in [5, 5.41) is 5.64. The number of anilines is 1.